The molecule has 0 saturated heterocycles. The third kappa shape index (κ3) is 4.49. The van der Waals surface area contributed by atoms with Crippen LogP contribution in [-0.2, 0) is 6.61 Å². The first-order chi connectivity index (χ1) is 10.6. The summed E-state index contributed by atoms with van der Waals surface area (Å²) in [5, 5.41) is 4.92. The molecule has 2 rings (SSSR count). The molecule has 2 aromatic rings. The highest BCUT2D eigenvalue weighted by Gasteiger charge is 2.11. The molecule has 1 unspecified atom stereocenters. The van der Waals surface area contributed by atoms with Gasteiger partial charge in [-0.2, -0.15) is 0 Å². The lowest BCUT2D eigenvalue weighted by atomic mass is 10.2. The van der Waals surface area contributed by atoms with E-state index in [4.69, 9.17) is 9.47 Å². The van der Waals surface area contributed by atoms with Crippen LogP contribution in [0.2, 0.25) is 0 Å². The Bertz CT molecular complexity index is 607. The number of ether oxygens (including phenoxy) is 2. The van der Waals surface area contributed by atoms with Gasteiger partial charge in [-0.05, 0) is 49.1 Å². The average molecular weight is 319 g/mol. The monoisotopic (exact) mass is 319 g/mol. The zero-order chi connectivity index (χ0) is 15.9. The fourth-order valence-corrected chi connectivity index (χ4v) is 2.61. The Kier molecular flexibility index (Phi) is 5.83. The van der Waals surface area contributed by atoms with Crippen LogP contribution < -0.4 is 14.8 Å². The second-order valence-corrected chi connectivity index (χ2v) is 5.98. The van der Waals surface area contributed by atoms with Gasteiger partial charge in [-0.3, -0.25) is 4.79 Å². The molecule has 0 aliphatic carbocycles. The fraction of sp³-hybridized carbons (Fsp3) is 0.353. The number of benzene rings is 1. The second kappa shape index (κ2) is 7.84. The van der Waals surface area contributed by atoms with Crippen LogP contribution in [0.4, 0.5) is 0 Å². The lowest BCUT2D eigenvalue weighted by molar-refractivity contribution is 0.0943. The van der Waals surface area contributed by atoms with Crippen LogP contribution >= 0.6 is 11.3 Å². The number of hydrogen-bond acceptors (Lipinski definition) is 4. The lowest BCUT2D eigenvalue weighted by Gasteiger charge is -2.09. The molecule has 0 fully saturated rings. The first-order valence-electron chi connectivity index (χ1n) is 7.27. The van der Waals surface area contributed by atoms with E-state index in [1.807, 2.05) is 49.6 Å². The predicted molar refractivity (Wildman–Crippen MR) is 88.9 cm³/mol. The van der Waals surface area contributed by atoms with E-state index in [1.165, 1.54) is 11.3 Å². The van der Waals surface area contributed by atoms with E-state index in [0.717, 1.165) is 23.5 Å². The van der Waals surface area contributed by atoms with Crippen LogP contribution in [-0.4, -0.2) is 19.1 Å². The number of amides is 1. The third-order valence-electron chi connectivity index (χ3n) is 3.33. The van der Waals surface area contributed by atoms with Gasteiger partial charge < -0.3 is 14.8 Å². The van der Waals surface area contributed by atoms with Gasteiger partial charge in [0.25, 0.3) is 5.91 Å². The summed E-state index contributed by atoms with van der Waals surface area (Å²) in [5.41, 5.74) is 0.995. The second-order valence-electron chi connectivity index (χ2n) is 5.07. The minimum absolute atomic E-state index is 0.0185. The molecule has 1 amide bonds. The maximum absolute atomic E-state index is 12.0. The molecule has 5 heteroatoms. The molecule has 1 atom stereocenters. The SMILES string of the molecule is CCC(C)NC(=O)c1cc(COc2ccc(OC)cc2)cs1. The zero-order valence-electron chi connectivity index (χ0n) is 13.1. The van der Waals surface area contributed by atoms with Crippen LogP contribution in [0.15, 0.2) is 35.7 Å². The van der Waals surface area contributed by atoms with Crippen molar-refractivity contribution in [3.63, 3.8) is 0 Å². The van der Waals surface area contributed by atoms with Crippen molar-refractivity contribution in [1.29, 1.82) is 0 Å². The van der Waals surface area contributed by atoms with Gasteiger partial charge in [-0.25, -0.2) is 0 Å². The number of methoxy groups -OCH3 is 1. The minimum Gasteiger partial charge on any atom is -0.497 e. The van der Waals surface area contributed by atoms with Crippen molar-refractivity contribution >= 4 is 17.2 Å². The Hall–Kier alpha value is -2.01. The first-order valence-corrected chi connectivity index (χ1v) is 8.15. The number of carbonyl (C=O) groups excluding carboxylic acids is 1. The van der Waals surface area contributed by atoms with Crippen molar-refractivity contribution in [2.24, 2.45) is 0 Å². The largest absolute Gasteiger partial charge is 0.497 e. The van der Waals surface area contributed by atoms with Crippen LogP contribution in [0.5, 0.6) is 11.5 Å². The third-order valence-corrected chi connectivity index (χ3v) is 4.31. The highest BCUT2D eigenvalue weighted by atomic mass is 32.1. The summed E-state index contributed by atoms with van der Waals surface area (Å²) in [6.07, 6.45) is 0.921. The standard InChI is InChI=1S/C17H21NO3S/c1-4-12(2)18-17(19)16-9-13(11-22-16)10-21-15-7-5-14(20-3)6-8-15/h5-9,11-12H,4,10H2,1-3H3,(H,18,19). The maximum Gasteiger partial charge on any atom is 0.261 e. The molecular formula is C17H21NO3S. The Morgan fingerprint density at radius 2 is 1.95 bits per heavy atom. The zero-order valence-corrected chi connectivity index (χ0v) is 13.9. The van der Waals surface area contributed by atoms with E-state index in [2.05, 4.69) is 5.32 Å². The van der Waals surface area contributed by atoms with Crippen molar-refractivity contribution in [2.75, 3.05) is 7.11 Å². The molecule has 1 heterocycles. The smallest absolute Gasteiger partial charge is 0.261 e. The van der Waals surface area contributed by atoms with Crippen molar-refractivity contribution in [1.82, 2.24) is 5.32 Å². The molecule has 0 radical (unpaired) electrons. The molecule has 0 aliphatic heterocycles. The molecule has 0 spiro atoms. The molecule has 1 aromatic heterocycles. The summed E-state index contributed by atoms with van der Waals surface area (Å²) in [6, 6.07) is 9.51. The Labute approximate surface area is 135 Å². The molecule has 0 aliphatic rings. The summed E-state index contributed by atoms with van der Waals surface area (Å²) in [7, 11) is 1.63. The van der Waals surface area contributed by atoms with Gasteiger partial charge in [0.2, 0.25) is 0 Å². The highest BCUT2D eigenvalue weighted by molar-refractivity contribution is 7.12. The summed E-state index contributed by atoms with van der Waals surface area (Å²) in [4.78, 5) is 12.7. The minimum atomic E-state index is -0.0185. The highest BCUT2D eigenvalue weighted by Crippen LogP contribution is 2.20. The molecule has 0 saturated carbocycles. The summed E-state index contributed by atoms with van der Waals surface area (Å²) in [6.45, 7) is 4.49. The van der Waals surface area contributed by atoms with Gasteiger partial charge in [0.15, 0.2) is 0 Å². The Balaban J connectivity index is 1.90. The normalized spacial score (nSPS) is 11.8. The lowest BCUT2D eigenvalue weighted by Crippen LogP contribution is -2.31. The summed E-state index contributed by atoms with van der Waals surface area (Å²) >= 11 is 1.44. The van der Waals surface area contributed by atoms with Gasteiger partial charge >= 0.3 is 0 Å². The maximum atomic E-state index is 12.0. The van der Waals surface area contributed by atoms with Gasteiger partial charge in [0.1, 0.15) is 18.1 Å². The van der Waals surface area contributed by atoms with Crippen LogP contribution in [0.3, 0.4) is 0 Å². The number of hydrogen-bond donors (Lipinski definition) is 1. The first kappa shape index (κ1) is 16.4. The van der Waals surface area contributed by atoms with Gasteiger partial charge in [0, 0.05) is 11.6 Å². The molecule has 22 heavy (non-hydrogen) atoms. The number of carbonyl (C=O) groups is 1. The van der Waals surface area contributed by atoms with Gasteiger partial charge in [-0.1, -0.05) is 6.92 Å². The Morgan fingerprint density at radius 1 is 1.27 bits per heavy atom. The molecular weight excluding hydrogens is 298 g/mol. The van der Waals surface area contributed by atoms with E-state index in [9.17, 15) is 4.79 Å². The van der Waals surface area contributed by atoms with E-state index in [0.29, 0.717) is 11.5 Å². The number of thiophene rings is 1. The van der Waals surface area contributed by atoms with E-state index in [-0.39, 0.29) is 11.9 Å². The summed E-state index contributed by atoms with van der Waals surface area (Å²) in [5.74, 6) is 1.56. The quantitative estimate of drug-likeness (QED) is 0.843. The van der Waals surface area contributed by atoms with Gasteiger partial charge in [0.05, 0.1) is 12.0 Å². The van der Waals surface area contributed by atoms with Crippen molar-refractivity contribution in [3.8, 4) is 11.5 Å². The topological polar surface area (TPSA) is 47.6 Å². The van der Waals surface area contributed by atoms with Gasteiger partial charge in [-0.15, -0.1) is 11.3 Å². The van der Waals surface area contributed by atoms with E-state index in [1.54, 1.807) is 7.11 Å². The van der Waals surface area contributed by atoms with Crippen LogP contribution in [0.1, 0.15) is 35.5 Å². The molecule has 0 bridgehead atoms. The molecule has 4 nitrogen and oxygen atoms in total. The van der Waals surface area contributed by atoms with Crippen LogP contribution in [0, 0.1) is 0 Å². The fourth-order valence-electron chi connectivity index (χ4n) is 1.81. The van der Waals surface area contributed by atoms with E-state index >= 15 is 0 Å². The number of rotatable bonds is 7. The Morgan fingerprint density at radius 3 is 2.59 bits per heavy atom. The summed E-state index contributed by atoms with van der Waals surface area (Å²) < 4.78 is 10.8. The molecule has 1 N–H and O–H groups in total. The predicted octanol–water partition coefficient (Wildman–Crippen LogP) is 3.86. The van der Waals surface area contributed by atoms with Crippen molar-refractivity contribution in [3.05, 3.63) is 46.2 Å². The molecule has 118 valence electrons. The number of nitrogens with one attached hydrogen (secondary N) is 1. The average Bonchev–Trinajstić information content (AvgIpc) is 3.02. The van der Waals surface area contributed by atoms with Crippen LogP contribution in [0.25, 0.3) is 0 Å². The van der Waals surface area contributed by atoms with E-state index < -0.39 is 0 Å². The molecule has 1 aromatic carbocycles. The van der Waals surface area contributed by atoms with Crippen molar-refractivity contribution in [2.45, 2.75) is 32.9 Å². The van der Waals surface area contributed by atoms with Crippen molar-refractivity contribution < 1.29 is 14.3 Å².